The van der Waals surface area contributed by atoms with Gasteiger partial charge in [0.1, 0.15) is 46.8 Å². The first-order chi connectivity index (χ1) is 26.8. The molecule has 310 valence electrons. The van der Waals surface area contributed by atoms with Gasteiger partial charge in [-0.25, -0.2) is 31.2 Å². The van der Waals surface area contributed by atoms with Crippen molar-refractivity contribution in [2.45, 2.75) is 127 Å². The second kappa shape index (κ2) is 16.5. The number of ether oxygens (including phenoxy) is 2. The lowest BCUT2D eigenvalue weighted by Crippen LogP contribution is -2.58. The second-order valence-corrected chi connectivity index (χ2v) is 18.1. The maximum atomic E-state index is 14.5. The molecule has 2 aromatic rings. The summed E-state index contributed by atoms with van der Waals surface area (Å²) in [4.78, 5) is 71.4. The van der Waals surface area contributed by atoms with E-state index in [2.05, 4.69) is 10.6 Å². The van der Waals surface area contributed by atoms with Crippen LogP contribution in [0.4, 0.5) is 22.8 Å². The van der Waals surface area contributed by atoms with Crippen molar-refractivity contribution in [2.24, 2.45) is 5.92 Å². The van der Waals surface area contributed by atoms with E-state index < -0.39 is 98.4 Å². The van der Waals surface area contributed by atoms with Gasteiger partial charge in [-0.1, -0.05) is 44.2 Å². The summed E-state index contributed by atoms with van der Waals surface area (Å²) >= 11 is 0. The fraction of sp³-hybridized carbons (Fsp3) is 0.564. The molecule has 5 amide bonds. The number of carbonyl (C=O) groups excluding carboxylic acids is 5. The lowest BCUT2D eigenvalue weighted by Gasteiger charge is -2.30. The summed E-state index contributed by atoms with van der Waals surface area (Å²) in [6.45, 7) is 4.79. The molecule has 3 N–H and O–H groups in total. The van der Waals surface area contributed by atoms with Crippen LogP contribution in [0.2, 0.25) is 0 Å². The fourth-order valence-electron chi connectivity index (χ4n) is 7.93. The maximum Gasteiger partial charge on any atom is 0.410 e. The molecule has 18 heteroatoms. The number of hydrogen-bond acceptors (Lipinski definition) is 9. The van der Waals surface area contributed by atoms with Crippen molar-refractivity contribution in [1.29, 1.82) is 0 Å². The second-order valence-electron chi connectivity index (χ2n) is 16.4. The highest BCUT2D eigenvalue weighted by Crippen LogP contribution is 2.48. The Balaban J connectivity index is 1.25. The molecule has 1 aliphatic carbocycles. The third-order valence-corrected chi connectivity index (χ3v) is 11.9. The van der Waals surface area contributed by atoms with Gasteiger partial charge in [-0.2, -0.15) is 0 Å². The predicted molar refractivity (Wildman–Crippen MR) is 198 cm³/mol. The summed E-state index contributed by atoms with van der Waals surface area (Å²) in [5.74, 6) is -6.34. The van der Waals surface area contributed by atoms with E-state index in [1.807, 2.05) is 4.72 Å². The number of benzene rings is 2. The van der Waals surface area contributed by atoms with Crippen LogP contribution in [-0.4, -0.2) is 84.0 Å². The number of amides is 5. The summed E-state index contributed by atoms with van der Waals surface area (Å²) in [5, 5.41) is 5.38. The van der Waals surface area contributed by atoms with Gasteiger partial charge in [-0.15, -0.1) is 0 Å². The zero-order valence-corrected chi connectivity index (χ0v) is 32.9. The molecule has 14 nitrogen and oxygen atoms in total. The van der Waals surface area contributed by atoms with Gasteiger partial charge in [0.25, 0.3) is 5.91 Å². The number of fused-ring (bicyclic) bond motifs is 3. The molecule has 3 heterocycles. The van der Waals surface area contributed by atoms with Gasteiger partial charge in [-0.05, 0) is 75.3 Å². The molecule has 0 aromatic heterocycles. The Labute approximate surface area is 329 Å². The number of hydrogen-bond donors (Lipinski definition) is 3. The third-order valence-electron chi connectivity index (χ3n) is 10.7. The molecular weight excluding hydrogens is 772 g/mol. The number of halogens is 3. The number of carbonyl (C=O) groups is 5. The van der Waals surface area contributed by atoms with Gasteiger partial charge >= 0.3 is 12.2 Å². The number of nitrogens with one attached hydrogen (secondary N) is 3. The monoisotopic (exact) mass is 819 g/mol. The highest BCUT2D eigenvalue weighted by molar-refractivity contribution is 7.89. The average molecular weight is 820 g/mol. The first kappa shape index (κ1) is 41.8. The van der Waals surface area contributed by atoms with Crippen LogP contribution < -0.4 is 15.4 Å². The number of sulfonamides is 1. The Bertz CT molecular complexity index is 2010. The van der Waals surface area contributed by atoms with E-state index >= 15 is 0 Å². The highest BCUT2D eigenvalue weighted by atomic mass is 32.2. The first-order valence-electron chi connectivity index (χ1n) is 19.2. The SMILES string of the molecule is CC(C)(C)OC(=O)N[C@H]1CCCCCCC[C@@H]2C[C@@]2(C(=O)NS(=O)(=O)Cc2cc(F)cc(F)c2)NC(=O)[C@@H]2C[C@@H](OC(=O)N3Cc4cccc(F)c4C3)CN2C1=O. The zero-order valence-electron chi connectivity index (χ0n) is 32.1. The Morgan fingerprint density at radius 3 is 2.33 bits per heavy atom. The van der Waals surface area contributed by atoms with Crippen LogP contribution in [0.1, 0.15) is 95.2 Å². The van der Waals surface area contributed by atoms with E-state index in [0.29, 0.717) is 42.9 Å². The lowest BCUT2D eigenvalue weighted by atomic mass is 10.0. The van der Waals surface area contributed by atoms with Crippen molar-refractivity contribution < 1.29 is 55.0 Å². The molecule has 4 aliphatic rings. The largest absolute Gasteiger partial charge is 0.444 e. The van der Waals surface area contributed by atoms with E-state index in [4.69, 9.17) is 9.47 Å². The van der Waals surface area contributed by atoms with Gasteiger partial charge in [0.2, 0.25) is 21.8 Å². The van der Waals surface area contributed by atoms with Gasteiger partial charge in [0.15, 0.2) is 0 Å². The predicted octanol–water partition coefficient (Wildman–Crippen LogP) is 4.68. The standard InChI is InChI=1S/C39H48F3N5O9S/c1-38(2,3)56-36(51)43-31-13-8-6-4-5-7-11-25-18-39(25,35(50)45-57(53,54)22-23-14-26(40)16-27(41)15-23)44-33(48)32-17-28(20-47(32)34(31)49)55-37(52)46-19-24-10-9-12-30(42)29(24)21-46/h9-10,12,14-16,25,28,31-32H,4-8,11,13,17-22H2,1-3H3,(H,43,51)(H,44,48)(H,45,50)/t25-,28-,31+,32+,39-/m1/s1. The lowest BCUT2D eigenvalue weighted by molar-refractivity contribution is -0.141. The first-order valence-corrected chi connectivity index (χ1v) is 20.8. The van der Waals surface area contributed by atoms with Gasteiger partial charge in [0, 0.05) is 24.6 Å². The van der Waals surface area contributed by atoms with Crippen molar-refractivity contribution in [2.75, 3.05) is 6.54 Å². The Kier molecular flexibility index (Phi) is 12.1. The maximum absolute atomic E-state index is 14.5. The third kappa shape index (κ3) is 10.2. The molecule has 1 saturated carbocycles. The van der Waals surface area contributed by atoms with Crippen LogP contribution in [0.15, 0.2) is 36.4 Å². The van der Waals surface area contributed by atoms with E-state index in [1.165, 1.54) is 21.9 Å². The minimum absolute atomic E-state index is 0.0436. The normalized spacial score (nSPS) is 25.5. The molecule has 0 spiro atoms. The molecule has 6 rings (SSSR count). The number of nitrogens with zero attached hydrogens (tertiary/aromatic N) is 2. The summed E-state index contributed by atoms with van der Waals surface area (Å²) in [6, 6.07) is 4.32. The molecule has 3 aliphatic heterocycles. The van der Waals surface area contributed by atoms with Crippen LogP contribution in [0, 0.1) is 23.4 Å². The number of rotatable bonds is 6. The molecule has 57 heavy (non-hydrogen) atoms. The molecule has 0 unspecified atom stereocenters. The minimum Gasteiger partial charge on any atom is -0.444 e. The van der Waals surface area contributed by atoms with Crippen molar-refractivity contribution in [3.05, 3.63) is 70.5 Å². The zero-order chi connectivity index (χ0) is 41.3. The summed E-state index contributed by atoms with van der Waals surface area (Å²) < 4.78 is 81.6. The van der Waals surface area contributed by atoms with Crippen LogP contribution in [-0.2, 0) is 52.7 Å². The minimum atomic E-state index is -4.51. The van der Waals surface area contributed by atoms with E-state index in [-0.39, 0.29) is 44.5 Å². The topological polar surface area (TPSA) is 181 Å². The molecule has 3 fully saturated rings. The number of alkyl carbamates (subject to hydrolysis) is 1. The Morgan fingerprint density at radius 1 is 0.965 bits per heavy atom. The van der Waals surface area contributed by atoms with Crippen molar-refractivity contribution in [1.82, 2.24) is 25.2 Å². The average Bonchev–Trinajstić information content (AvgIpc) is 3.39. The van der Waals surface area contributed by atoms with Crippen molar-refractivity contribution in [3.8, 4) is 0 Å². The van der Waals surface area contributed by atoms with Crippen LogP contribution in [0.5, 0.6) is 0 Å². The van der Waals surface area contributed by atoms with E-state index in [0.717, 1.165) is 25.0 Å². The molecular formula is C39H48F3N5O9S. The Morgan fingerprint density at radius 2 is 1.65 bits per heavy atom. The summed E-state index contributed by atoms with van der Waals surface area (Å²) in [5.41, 5.74) is -1.84. The quantitative estimate of drug-likeness (QED) is 0.373. The molecule has 2 aromatic carbocycles. The van der Waals surface area contributed by atoms with Gasteiger partial charge < -0.3 is 25.0 Å². The van der Waals surface area contributed by atoms with E-state index in [9.17, 15) is 45.6 Å². The smallest absolute Gasteiger partial charge is 0.410 e. The molecule has 5 atom stereocenters. The Hall–Kier alpha value is -4.87. The van der Waals surface area contributed by atoms with Crippen LogP contribution >= 0.6 is 0 Å². The highest BCUT2D eigenvalue weighted by Gasteiger charge is 2.62. The summed E-state index contributed by atoms with van der Waals surface area (Å²) in [7, 11) is -4.51. The summed E-state index contributed by atoms with van der Waals surface area (Å²) in [6.07, 6.45) is 1.31. The van der Waals surface area contributed by atoms with Gasteiger partial charge in [-0.3, -0.25) is 24.0 Å². The van der Waals surface area contributed by atoms with Crippen LogP contribution in [0.25, 0.3) is 0 Å². The molecule has 0 radical (unpaired) electrons. The van der Waals surface area contributed by atoms with Crippen molar-refractivity contribution >= 4 is 39.9 Å². The van der Waals surface area contributed by atoms with Gasteiger partial charge in [0.05, 0.1) is 18.8 Å². The van der Waals surface area contributed by atoms with Crippen LogP contribution in [0.3, 0.4) is 0 Å². The van der Waals surface area contributed by atoms with E-state index in [1.54, 1.807) is 26.8 Å². The fourth-order valence-corrected chi connectivity index (χ4v) is 9.07. The van der Waals surface area contributed by atoms with Crippen molar-refractivity contribution in [3.63, 3.8) is 0 Å². The molecule has 0 bridgehead atoms. The molecule has 2 saturated heterocycles.